The van der Waals surface area contributed by atoms with Crippen LogP contribution in [0.3, 0.4) is 0 Å². The first-order valence-electron chi connectivity index (χ1n) is 11.0. The van der Waals surface area contributed by atoms with Gasteiger partial charge < -0.3 is 15.4 Å². The SMILES string of the molecule is O=C(Cc1cc(-c2cc(NCC3CCOCC3)ccc2Cl)ccn1)[C@@H]1CCCNC1. The van der Waals surface area contributed by atoms with Crippen molar-refractivity contribution in [1.29, 1.82) is 0 Å². The number of pyridine rings is 1. The van der Waals surface area contributed by atoms with Gasteiger partial charge in [-0.25, -0.2) is 0 Å². The Morgan fingerprint density at radius 1 is 1.20 bits per heavy atom. The number of rotatable bonds is 7. The van der Waals surface area contributed by atoms with E-state index in [1.165, 1.54) is 0 Å². The molecule has 0 aliphatic carbocycles. The quantitative estimate of drug-likeness (QED) is 0.687. The molecule has 2 fully saturated rings. The second-order valence-corrected chi connectivity index (χ2v) is 8.76. The molecule has 1 aromatic carbocycles. The maximum atomic E-state index is 12.6. The van der Waals surface area contributed by atoms with Crippen molar-refractivity contribution < 1.29 is 9.53 Å². The smallest absolute Gasteiger partial charge is 0.143 e. The van der Waals surface area contributed by atoms with Crippen molar-refractivity contribution in [1.82, 2.24) is 10.3 Å². The average Bonchev–Trinajstić information content (AvgIpc) is 2.80. The van der Waals surface area contributed by atoms with Gasteiger partial charge in [-0.15, -0.1) is 0 Å². The summed E-state index contributed by atoms with van der Waals surface area (Å²) in [6.07, 6.45) is 6.39. The summed E-state index contributed by atoms with van der Waals surface area (Å²) >= 11 is 6.52. The van der Waals surface area contributed by atoms with Gasteiger partial charge in [-0.05, 0) is 74.0 Å². The summed E-state index contributed by atoms with van der Waals surface area (Å²) in [5, 5.41) is 7.57. The molecule has 1 aromatic heterocycles. The van der Waals surface area contributed by atoms with E-state index in [0.29, 0.717) is 17.4 Å². The molecule has 160 valence electrons. The third-order valence-electron chi connectivity index (χ3n) is 6.14. The first kappa shape index (κ1) is 21.3. The van der Waals surface area contributed by atoms with Crippen molar-refractivity contribution in [3.05, 3.63) is 47.2 Å². The summed E-state index contributed by atoms with van der Waals surface area (Å²) in [6, 6.07) is 10.00. The van der Waals surface area contributed by atoms with Crippen molar-refractivity contribution in [2.24, 2.45) is 11.8 Å². The van der Waals surface area contributed by atoms with Gasteiger partial charge in [0, 0.05) is 66.8 Å². The standard InChI is InChI=1S/C24H30ClN3O2/c25-23-4-3-20(28-15-17-6-10-30-11-7-17)13-22(23)18-5-9-27-21(12-18)14-24(29)19-2-1-8-26-16-19/h3-5,9,12-13,17,19,26,28H,1-2,6-8,10-11,14-16H2/t19-/m1/s1. The Hall–Kier alpha value is -1.95. The molecule has 0 bridgehead atoms. The predicted molar refractivity (Wildman–Crippen MR) is 121 cm³/mol. The highest BCUT2D eigenvalue weighted by Crippen LogP contribution is 2.31. The summed E-state index contributed by atoms with van der Waals surface area (Å²) in [7, 11) is 0. The molecule has 2 N–H and O–H groups in total. The number of nitrogens with one attached hydrogen (secondary N) is 2. The number of halogens is 1. The van der Waals surface area contributed by atoms with Crippen LogP contribution in [0.25, 0.3) is 11.1 Å². The highest BCUT2D eigenvalue weighted by atomic mass is 35.5. The lowest BCUT2D eigenvalue weighted by Gasteiger charge is -2.23. The number of ether oxygens (including phenoxy) is 1. The number of Topliss-reactive ketones (excluding diaryl/α,β-unsaturated/α-hetero) is 1. The van der Waals surface area contributed by atoms with Crippen LogP contribution >= 0.6 is 11.6 Å². The topological polar surface area (TPSA) is 63.2 Å². The molecular weight excluding hydrogens is 398 g/mol. The van der Waals surface area contributed by atoms with Gasteiger partial charge in [0.25, 0.3) is 0 Å². The van der Waals surface area contributed by atoms with Crippen LogP contribution < -0.4 is 10.6 Å². The molecule has 0 amide bonds. The van der Waals surface area contributed by atoms with Crippen molar-refractivity contribution in [2.45, 2.75) is 32.1 Å². The number of ketones is 1. The minimum Gasteiger partial charge on any atom is -0.385 e. The Kier molecular flexibility index (Phi) is 7.37. The number of anilines is 1. The minimum atomic E-state index is 0.102. The fraction of sp³-hybridized carbons (Fsp3) is 0.500. The molecule has 6 heteroatoms. The van der Waals surface area contributed by atoms with Gasteiger partial charge in [0.15, 0.2) is 0 Å². The van der Waals surface area contributed by atoms with Crippen LogP contribution in [0.5, 0.6) is 0 Å². The fourth-order valence-electron chi connectivity index (χ4n) is 4.26. The second-order valence-electron chi connectivity index (χ2n) is 8.35. The van der Waals surface area contributed by atoms with Crippen molar-refractivity contribution in [2.75, 3.05) is 38.2 Å². The van der Waals surface area contributed by atoms with E-state index in [9.17, 15) is 4.79 Å². The van der Waals surface area contributed by atoms with E-state index in [1.54, 1.807) is 6.20 Å². The number of carbonyl (C=O) groups excluding carboxylic acids is 1. The Morgan fingerprint density at radius 2 is 2.07 bits per heavy atom. The zero-order valence-corrected chi connectivity index (χ0v) is 18.1. The van der Waals surface area contributed by atoms with E-state index in [0.717, 1.165) is 81.0 Å². The van der Waals surface area contributed by atoms with E-state index in [1.807, 2.05) is 24.3 Å². The lowest BCUT2D eigenvalue weighted by Crippen LogP contribution is -2.35. The molecule has 30 heavy (non-hydrogen) atoms. The Morgan fingerprint density at radius 3 is 2.87 bits per heavy atom. The molecule has 4 rings (SSSR count). The zero-order chi connectivity index (χ0) is 20.8. The molecule has 2 aliphatic heterocycles. The molecule has 2 aliphatic rings. The normalized spacial score (nSPS) is 20.1. The Bertz CT molecular complexity index is 861. The first-order valence-corrected chi connectivity index (χ1v) is 11.4. The van der Waals surface area contributed by atoms with Gasteiger partial charge in [-0.3, -0.25) is 9.78 Å². The molecule has 2 aromatic rings. The zero-order valence-electron chi connectivity index (χ0n) is 17.3. The van der Waals surface area contributed by atoms with Gasteiger partial charge in [0.2, 0.25) is 0 Å². The molecule has 0 radical (unpaired) electrons. The van der Waals surface area contributed by atoms with Gasteiger partial charge >= 0.3 is 0 Å². The number of piperidine rings is 1. The average molecular weight is 428 g/mol. The largest absolute Gasteiger partial charge is 0.385 e. The Labute approximate surface area is 183 Å². The van der Waals surface area contributed by atoms with E-state index in [4.69, 9.17) is 16.3 Å². The van der Waals surface area contributed by atoms with Gasteiger partial charge in [-0.2, -0.15) is 0 Å². The molecule has 3 heterocycles. The van der Waals surface area contributed by atoms with E-state index in [2.05, 4.69) is 21.7 Å². The summed E-state index contributed by atoms with van der Waals surface area (Å²) in [5.41, 5.74) is 3.82. The molecular formula is C24H30ClN3O2. The third kappa shape index (κ3) is 5.60. The number of nitrogens with zero attached hydrogens (tertiary/aromatic N) is 1. The molecule has 1 atom stereocenters. The van der Waals surface area contributed by atoms with E-state index < -0.39 is 0 Å². The van der Waals surface area contributed by atoms with Crippen molar-refractivity contribution in [3.63, 3.8) is 0 Å². The second kappa shape index (κ2) is 10.4. The summed E-state index contributed by atoms with van der Waals surface area (Å²) < 4.78 is 5.44. The minimum absolute atomic E-state index is 0.102. The summed E-state index contributed by atoms with van der Waals surface area (Å²) in [4.78, 5) is 17.1. The monoisotopic (exact) mass is 427 g/mol. The number of hydrogen-bond donors (Lipinski definition) is 2. The molecule has 0 unspecified atom stereocenters. The first-order chi connectivity index (χ1) is 14.7. The third-order valence-corrected chi connectivity index (χ3v) is 6.47. The van der Waals surface area contributed by atoms with E-state index in [-0.39, 0.29) is 11.7 Å². The summed E-state index contributed by atoms with van der Waals surface area (Å²) in [5.74, 6) is 1.01. The van der Waals surface area contributed by atoms with Crippen molar-refractivity contribution >= 4 is 23.1 Å². The lowest BCUT2D eigenvalue weighted by atomic mass is 9.92. The number of hydrogen-bond acceptors (Lipinski definition) is 5. The van der Waals surface area contributed by atoms with Gasteiger partial charge in [-0.1, -0.05) is 11.6 Å². The van der Waals surface area contributed by atoms with Crippen LogP contribution in [-0.4, -0.2) is 43.6 Å². The maximum Gasteiger partial charge on any atom is 0.143 e. The van der Waals surface area contributed by atoms with Crippen LogP contribution in [0.2, 0.25) is 5.02 Å². The molecule has 0 saturated carbocycles. The number of aromatic nitrogens is 1. The highest BCUT2D eigenvalue weighted by molar-refractivity contribution is 6.33. The van der Waals surface area contributed by atoms with Crippen LogP contribution in [0.4, 0.5) is 5.69 Å². The van der Waals surface area contributed by atoms with Crippen LogP contribution in [0.15, 0.2) is 36.5 Å². The predicted octanol–water partition coefficient (Wildman–Crippen LogP) is 4.35. The van der Waals surface area contributed by atoms with Crippen LogP contribution in [-0.2, 0) is 16.0 Å². The Balaban J connectivity index is 1.44. The number of carbonyl (C=O) groups is 1. The lowest BCUT2D eigenvalue weighted by molar-refractivity contribution is -0.122. The molecule has 2 saturated heterocycles. The maximum absolute atomic E-state index is 12.6. The van der Waals surface area contributed by atoms with Crippen molar-refractivity contribution in [3.8, 4) is 11.1 Å². The van der Waals surface area contributed by atoms with E-state index >= 15 is 0 Å². The van der Waals surface area contributed by atoms with Gasteiger partial charge in [0.05, 0.1) is 0 Å². The molecule has 0 spiro atoms. The fourth-order valence-corrected chi connectivity index (χ4v) is 4.49. The van der Waals surface area contributed by atoms with Crippen LogP contribution in [0, 0.1) is 11.8 Å². The number of benzene rings is 1. The highest BCUT2D eigenvalue weighted by Gasteiger charge is 2.21. The molecule has 5 nitrogen and oxygen atoms in total. The van der Waals surface area contributed by atoms with Gasteiger partial charge in [0.1, 0.15) is 5.78 Å². The van der Waals surface area contributed by atoms with Crippen LogP contribution in [0.1, 0.15) is 31.4 Å². The summed E-state index contributed by atoms with van der Waals surface area (Å²) in [6.45, 7) is 4.44.